The van der Waals surface area contributed by atoms with Crippen LogP contribution < -0.4 is 10.3 Å². The molecule has 3 nitrogen and oxygen atoms in total. The van der Waals surface area contributed by atoms with Gasteiger partial charge >= 0.3 is 0 Å². The number of methoxy groups -OCH3 is 1. The fraction of sp³-hybridized carbons (Fsp3) is 0.318. The van der Waals surface area contributed by atoms with Crippen molar-refractivity contribution in [3.63, 3.8) is 0 Å². The van der Waals surface area contributed by atoms with Crippen LogP contribution in [0.5, 0.6) is 5.75 Å². The first kappa shape index (κ1) is 17.3. The SMILES string of the molecule is COc1ccc2cc(-c3ccccc3)c(=O)n(CCC(C)(C)C)c2c1. The zero-order chi connectivity index (χ0) is 18.0. The second-order valence-corrected chi connectivity index (χ2v) is 7.62. The average Bonchev–Trinajstić information content (AvgIpc) is 2.60. The van der Waals surface area contributed by atoms with E-state index < -0.39 is 0 Å². The van der Waals surface area contributed by atoms with Crippen LogP contribution in [-0.4, -0.2) is 11.7 Å². The molecule has 3 aromatic rings. The monoisotopic (exact) mass is 335 g/mol. The summed E-state index contributed by atoms with van der Waals surface area (Å²) in [5.41, 5.74) is 2.83. The summed E-state index contributed by atoms with van der Waals surface area (Å²) in [4.78, 5) is 13.2. The maximum atomic E-state index is 13.2. The highest BCUT2D eigenvalue weighted by atomic mass is 16.5. The summed E-state index contributed by atoms with van der Waals surface area (Å²) in [6.07, 6.45) is 0.928. The number of nitrogens with zero attached hydrogens (tertiary/aromatic N) is 1. The van der Waals surface area contributed by atoms with Crippen molar-refractivity contribution in [1.29, 1.82) is 0 Å². The Kier molecular flexibility index (Phi) is 4.67. The van der Waals surface area contributed by atoms with E-state index >= 15 is 0 Å². The summed E-state index contributed by atoms with van der Waals surface area (Å²) in [5.74, 6) is 0.767. The van der Waals surface area contributed by atoms with Crippen LogP contribution in [-0.2, 0) is 6.54 Å². The molecule has 130 valence electrons. The van der Waals surface area contributed by atoms with E-state index in [-0.39, 0.29) is 11.0 Å². The molecule has 0 unspecified atom stereocenters. The summed E-state index contributed by atoms with van der Waals surface area (Å²) in [6.45, 7) is 7.28. The molecule has 0 aliphatic carbocycles. The van der Waals surface area contributed by atoms with E-state index in [1.165, 1.54) is 0 Å². The van der Waals surface area contributed by atoms with Crippen molar-refractivity contribution < 1.29 is 4.74 Å². The number of rotatable bonds is 4. The highest BCUT2D eigenvalue weighted by molar-refractivity contribution is 5.85. The number of fused-ring (bicyclic) bond motifs is 1. The van der Waals surface area contributed by atoms with Gasteiger partial charge in [0, 0.05) is 18.2 Å². The van der Waals surface area contributed by atoms with Crippen LogP contribution in [0.4, 0.5) is 0 Å². The molecule has 1 aromatic heterocycles. The van der Waals surface area contributed by atoms with Gasteiger partial charge in [0.1, 0.15) is 5.75 Å². The molecular weight excluding hydrogens is 310 g/mol. The van der Waals surface area contributed by atoms with Crippen molar-refractivity contribution >= 4 is 10.9 Å². The Labute approximate surface area is 148 Å². The van der Waals surface area contributed by atoms with Gasteiger partial charge in [0.15, 0.2) is 0 Å². The van der Waals surface area contributed by atoms with Gasteiger partial charge in [-0.1, -0.05) is 51.1 Å². The van der Waals surface area contributed by atoms with E-state index in [9.17, 15) is 4.79 Å². The molecule has 2 aromatic carbocycles. The van der Waals surface area contributed by atoms with E-state index in [0.717, 1.165) is 34.2 Å². The Morgan fingerprint density at radius 1 is 1.00 bits per heavy atom. The van der Waals surface area contributed by atoms with Crippen molar-refractivity contribution in [2.24, 2.45) is 5.41 Å². The summed E-state index contributed by atoms with van der Waals surface area (Å²) in [6, 6.07) is 17.8. The Bertz CT molecular complexity index is 934. The number of aryl methyl sites for hydroxylation is 1. The first-order valence-corrected chi connectivity index (χ1v) is 8.66. The lowest BCUT2D eigenvalue weighted by molar-refractivity contribution is 0.350. The molecule has 0 bridgehead atoms. The number of aromatic nitrogens is 1. The lowest BCUT2D eigenvalue weighted by atomic mass is 9.92. The minimum Gasteiger partial charge on any atom is -0.497 e. The molecule has 3 heteroatoms. The van der Waals surface area contributed by atoms with E-state index in [2.05, 4.69) is 20.8 Å². The van der Waals surface area contributed by atoms with E-state index in [1.807, 2.05) is 59.2 Å². The van der Waals surface area contributed by atoms with Crippen molar-refractivity contribution in [2.75, 3.05) is 7.11 Å². The highest BCUT2D eigenvalue weighted by Crippen LogP contribution is 2.26. The topological polar surface area (TPSA) is 31.2 Å². The Morgan fingerprint density at radius 3 is 2.36 bits per heavy atom. The van der Waals surface area contributed by atoms with Crippen LogP contribution in [0.3, 0.4) is 0 Å². The zero-order valence-corrected chi connectivity index (χ0v) is 15.4. The molecular formula is C22H25NO2. The second-order valence-electron chi connectivity index (χ2n) is 7.62. The van der Waals surface area contributed by atoms with Crippen LogP contribution in [0.2, 0.25) is 0 Å². The molecule has 0 aliphatic heterocycles. The predicted molar refractivity (Wildman–Crippen MR) is 104 cm³/mol. The molecule has 0 saturated carbocycles. The summed E-state index contributed by atoms with van der Waals surface area (Å²) < 4.78 is 7.26. The standard InChI is InChI=1S/C22H25NO2/c1-22(2,3)12-13-23-20-15-18(25-4)11-10-17(20)14-19(21(23)24)16-8-6-5-7-9-16/h5-11,14-15H,12-13H2,1-4H3. The van der Waals surface area contributed by atoms with Crippen LogP contribution in [0, 0.1) is 5.41 Å². The molecule has 0 fully saturated rings. The van der Waals surface area contributed by atoms with Crippen LogP contribution in [0.1, 0.15) is 27.2 Å². The van der Waals surface area contributed by atoms with E-state index in [0.29, 0.717) is 6.54 Å². The van der Waals surface area contributed by atoms with Gasteiger partial charge in [-0.05, 0) is 41.0 Å². The Balaban J connectivity index is 2.23. The second kappa shape index (κ2) is 6.75. The smallest absolute Gasteiger partial charge is 0.258 e. The molecule has 25 heavy (non-hydrogen) atoms. The highest BCUT2D eigenvalue weighted by Gasteiger charge is 2.15. The van der Waals surface area contributed by atoms with Crippen molar-refractivity contribution in [2.45, 2.75) is 33.7 Å². The fourth-order valence-electron chi connectivity index (χ4n) is 2.97. The van der Waals surface area contributed by atoms with Gasteiger partial charge in [0.05, 0.1) is 12.6 Å². The molecule has 0 atom stereocenters. The number of benzene rings is 2. The number of ether oxygens (including phenoxy) is 1. The summed E-state index contributed by atoms with van der Waals surface area (Å²) in [7, 11) is 1.65. The zero-order valence-electron chi connectivity index (χ0n) is 15.4. The largest absolute Gasteiger partial charge is 0.497 e. The normalized spacial score (nSPS) is 11.7. The van der Waals surface area contributed by atoms with Gasteiger partial charge in [-0.2, -0.15) is 0 Å². The summed E-state index contributed by atoms with van der Waals surface area (Å²) >= 11 is 0. The quantitative estimate of drug-likeness (QED) is 0.663. The van der Waals surface area contributed by atoms with Crippen molar-refractivity contribution in [1.82, 2.24) is 4.57 Å². The third kappa shape index (κ3) is 3.76. The molecule has 0 saturated heterocycles. The van der Waals surface area contributed by atoms with Gasteiger partial charge in [0.2, 0.25) is 0 Å². The predicted octanol–water partition coefficient (Wildman–Crippen LogP) is 5.11. The first-order valence-electron chi connectivity index (χ1n) is 8.66. The van der Waals surface area contributed by atoms with E-state index in [4.69, 9.17) is 4.74 Å². The van der Waals surface area contributed by atoms with Crippen LogP contribution >= 0.6 is 0 Å². The van der Waals surface area contributed by atoms with E-state index in [1.54, 1.807) is 7.11 Å². The average molecular weight is 335 g/mol. The number of pyridine rings is 1. The van der Waals surface area contributed by atoms with Gasteiger partial charge in [-0.3, -0.25) is 4.79 Å². The van der Waals surface area contributed by atoms with Crippen molar-refractivity contribution in [3.05, 3.63) is 65.0 Å². The minimum absolute atomic E-state index is 0.0520. The Morgan fingerprint density at radius 2 is 1.72 bits per heavy atom. The van der Waals surface area contributed by atoms with Gasteiger partial charge in [-0.25, -0.2) is 0 Å². The third-order valence-corrected chi connectivity index (χ3v) is 4.47. The number of hydrogen-bond acceptors (Lipinski definition) is 2. The molecule has 0 N–H and O–H groups in total. The lowest BCUT2D eigenvalue weighted by Crippen LogP contribution is -2.24. The lowest BCUT2D eigenvalue weighted by Gasteiger charge is -2.20. The molecule has 3 rings (SSSR count). The van der Waals surface area contributed by atoms with Gasteiger partial charge in [-0.15, -0.1) is 0 Å². The number of hydrogen-bond donors (Lipinski definition) is 0. The molecule has 0 spiro atoms. The molecule has 0 aliphatic rings. The van der Waals surface area contributed by atoms with Gasteiger partial charge < -0.3 is 9.30 Å². The van der Waals surface area contributed by atoms with Crippen molar-refractivity contribution in [3.8, 4) is 16.9 Å². The third-order valence-electron chi connectivity index (χ3n) is 4.47. The van der Waals surface area contributed by atoms with Gasteiger partial charge in [0.25, 0.3) is 5.56 Å². The molecule has 0 amide bonds. The minimum atomic E-state index is 0.0520. The Hall–Kier alpha value is -2.55. The first-order chi connectivity index (χ1) is 11.9. The van der Waals surface area contributed by atoms with Crippen LogP contribution in [0.25, 0.3) is 22.0 Å². The maximum Gasteiger partial charge on any atom is 0.258 e. The molecule has 0 radical (unpaired) electrons. The maximum absolute atomic E-state index is 13.2. The fourth-order valence-corrected chi connectivity index (χ4v) is 2.97. The molecule has 1 heterocycles. The van der Waals surface area contributed by atoms with Crippen LogP contribution in [0.15, 0.2) is 59.4 Å². The summed E-state index contributed by atoms with van der Waals surface area (Å²) in [5, 5.41) is 1.05.